The highest BCUT2D eigenvalue weighted by molar-refractivity contribution is 7.99. The number of aryl methyl sites for hydroxylation is 2. The summed E-state index contributed by atoms with van der Waals surface area (Å²) in [5.74, 6) is 3.64. The average molecular weight is 247 g/mol. The zero-order valence-electron chi connectivity index (χ0n) is 10.5. The second kappa shape index (κ2) is 5.03. The Balaban J connectivity index is 1.64. The van der Waals surface area contributed by atoms with Gasteiger partial charge in [-0.2, -0.15) is 11.8 Å². The van der Waals surface area contributed by atoms with E-state index in [0.717, 1.165) is 5.92 Å². The van der Waals surface area contributed by atoms with Crippen molar-refractivity contribution < 1.29 is 0 Å². The van der Waals surface area contributed by atoms with Gasteiger partial charge in [0.15, 0.2) is 0 Å². The summed E-state index contributed by atoms with van der Waals surface area (Å²) < 4.78 is 0. The number of benzene rings is 1. The Morgan fingerprint density at radius 3 is 3.12 bits per heavy atom. The Labute approximate surface area is 108 Å². The smallest absolute Gasteiger partial charge is 0.0326 e. The van der Waals surface area contributed by atoms with Crippen LogP contribution < -0.4 is 5.32 Å². The minimum absolute atomic E-state index is 0.621. The third-order valence-electron chi connectivity index (χ3n) is 4.06. The van der Waals surface area contributed by atoms with Crippen molar-refractivity contribution in [1.29, 1.82) is 0 Å². The van der Waals surface area contributed by atoms with Gasteiger partial charge in [0.2, 0.25) is 0 Å². The fourth-order valence-electron chi connectivity index (χ4n) is 2.99. The average Bonchev–Trinajstić information content (AvgIpc) is 2.94. The topological polar surface area (TPSA) is 12.0 Å². The van der Waals surface area contributed by atoms with Crippen LogP contribution in [-0.2, 0) is 6.42 Å². The third-order valence-corrected chi connectivity index (χ3v) is 5.29. The summed E-state index contributed by atoms with van der Waals surface area (Å²) in [6.07, 6.45) is 3.95. The summed E-state index contributed by atoms with van der Waals surface area (Å²) in [6.45, 7) is 3.41. The maximum Gasteiger partial charge on any atom is 0.0326 e. The quantitative estimate of drug-likeness (QED) is 0.879. The van der Waals surface area contributed by atoms with Crippen LogP contribution in [-0.4, -0.2) is 18.1 Å². The van der Waals surface area contributed by atoms with Crippen LogP contribution in [0, 0.1) is 12.8 Å². The van der Waals surface area contributed by atoms with Crippen molar-refractivity contribution in [2.24, 2.45) is 5.92 Å². The van der Waals surface area contributed by atoms with E-state index in [-0.39, 0.29) is 0 Å². The van der Waals surface area contributed by atoms with E-state index in [1.54, 1.807) is 11.1 Å². The molecule has 1 fully saturated rings. The van der Waals surface area contributed by atoms with Gasteiger partial charge in [-0.3, -0.25) is 0 Å². The van der Waals surface area contributed by atoms with E-state index < -0.39 is 0 Å². The highest BCUT2D eigenvalue weighted by Gasteiger charge is 2.23. The van der Waals surface area contributed by atoms with E-state index in [4.69, 9.17) is 0 Å². The van der Waals surface area contributed by atoms with Gasteiger partial charge in [-0.25, -0.2) is 0 Å². The minimum atomic E-state index is 0.621. The predicted molar refractivity (Wildman–Crippen MR) is 75.7 cm³/mol. The fraction of sp³-hybridized carbons (Fsp3) is 0.600. The second-order valence-electron chi connectivity index (χ2n) is 5.43. The van der Waals surface area contributed by atoms with Crippen molar-refractivity contribution >= 4 is 11.8 Å². The van der Waals surface area contributed by atoms with Crippen LogP contribution in [0.4, 0.5) is 0 Å². The molecule has 2 unspecified atom stereocenters. The number of hydrogen-bond acceptors (Lipinski definition) is 2. The zero-order valence-corrected chi connectivity index (χ0v) is 11.4. The molecule has 1 aliphatic heterocycles. The summed E-state index contributed by atoms with van der Waals surface area (Å²) in [5, 5.41) is 3.79. The molecule has 0 spiro atoms. The maximum absolute atomic E-state index is 3.79. The molecule has 0 aromatic heterocycles. The van der Waals surface area contributed by atoms with Crippen LogP contribution in [0.5, 0.6) is 0 Å². The molecular weight excluding hydrogens is 226 g/mol. The van der Waals surface area contributed by atoms with Crippen molar-refractivity contribution in [2.45, 2.75) is 32.2 Å². The molecule has 92 valence electrons. The maximum atomic E-state index is 3.79. The van der Waals surface area contributed by atoms with E-state index in [2.05, 4.69) is 42.2 Å². The summed E-state index contributed by atoms with van der Waals surface area (Å²) in [7, 11) is 0. The molecule has 1 aromatic carbocycles. The lowest BCUT2D eigenvalue weighted by molar-refractivity contribution is 0.457. The summed E-state index contributed by atoms with van der Waals surface area (Å²) in [5.41, 5.74) is 4.53. The second-order valence-corrected chi connectivity index (χ2v) is 6.58. The molecular formula is C15H21NS. The van der Waals surface area contributed by atoms with Crippen LogP contribution in [0.3, 0.4) is 0 Å². The van der Waals surface area contributed by atoms with Crippen LogP contribution in [0.25, 0.3) is 0 Å². The first-order chi connectivity index (χ1) is 8.33. The molecule has 0 amide bonds. The number of hydrogen-bond donors (Lipinski definition) is 1. The monoisotopic (exact) mass is 247 g/mol. The van der Waals surface area contributed by atoms with Gasteiger partial charge in [0.1, 0.15) is 0 Å². The molecule has 0 radical (unpaired) electrons. The molecule has 0 saturated carbocycles. The Morgan fingerprint density at radius 1 is 1.35 bits per heavy atom. The lowest BCUT2D eigenvalue weighted by Crippen LogP contribution is -2.26. The van der Waals surface area contributed by atoms with Crippen molar-refractivity contribution in [1.82, 2.24) is 5.32 Å². The van der Waals surface area contributed by atoms with Crippen molar-refractivity contribution in [3.8, 4) is 0 Å². The molecule has 1 nitrogen and oxygen atoms in total. The normalized spacial score (nSPS) is 27.4. The summed E-state index contributed by atoms with van der Waals surface area (Å²) in [6, 6.07) is 7.56. The number of nitrogens with one attached hydrogen (secondary N) is 1. The molecule has 1 N–H and O–H groups in total. The van der Waals surface area contributed by atoms with E-state index in [1.807, 2.05) is 0 Å². The van der Waals surface area contributed by atoms with Gasteiger partial charge in [-0.15, -0.1) is 0 Å². The van der Waals surface area contributed by atoms with Crippen LogP contribution in [0.1, 0.15) is 35.6 Å². The lowest BCUT2D eigenvalue weighted by Gasteiger charge is -2.17. The number of rotatable bonds is 3. The first-order valence-electron chi connectivity index (χ1n) is 6.73. The van der Waals surface area contributed by atoms with Crippen molar-refractivity contribution in [3.63, 3.8) is 0 Å². The lowest BCUT2D eigenvalue weighted by atomic mass is 10.0. The molecule has 2 aliphatic rings. The van der Waals surface area contributed by atoms with E-state index in [9.17, 15) is 0 Å². The van der Waals surface area contributed by atoms with Crippen molar-refractivity contribution in [2.75, 3.05) is 18.1 Å². The predicted octanol–water partition coefficient (Wildman–Crippen LogP) is 3.33. The van der Waals surface area contributed by atoms with Crippen LogP contribution in [0.15, 0.2) is 18.2 Å². The van der Waals surface area contributed by atoms with Gasteiger partial charge < -0.3 is 5.32 Å². The van der Waals surface area contributed by atoms with E-state index >= 15 is 0 Å². The standard InChI is InChI=1S/C15H21NS/c1-11-2-3-13-4-5-15(14(13)8-11)16-9-12-6-7-17-10-12/h2-3,8,12,15-16H,4-7,9-10H2,1H3. The van der Waals surface area contributed by atoms with Crippen LogP contribution >= 0.6 is 11.8 Å². The number of thioether (sulfide) groups is 1. The highest BCUT2D eigenvalue weighted by Crippen LogP contribution is 2.32. The molecule has 2 heteroatoms. The highest BCUT2D eigenvalue weighted by atomic mass is 32.2. The molecule has 2 atom stereocenters. The fourth-order valence-corrected chi connectivity index (χ4v) is 4.27. The third kappa shape index (κ3) is 2.53. The van der Waals surface area contributed by atoms with Gasteiger partial charge in [-0.05, 0) is 61.3 Å². The van der Waals surface area contributed by atoms with E-state index in [1.165, 1.54) is 42.9 Å². The Hall–Kier alpha value is -0.470. The summed E-state index contributed by atoms with van der Waals surface area (Å²) >= 11 is 2.11. The molecule has 1 heterocycles. The van der Waals surface area contributed by atoms with Crippen LogP contribution in [0.2, 0.25) is 0 Å². The van der Waals surface area contributed by atoms with Gasteiger partial charge in [0.25, 0.3) is 0 Å². The first kappa shape index (κ1) is 11.6. The first-order valence-corrected chi connectivity index (χ1v) is 7.89. The molecule has 1 aliphatic carbocycles. The molecule has 1 aromatic rings. The minimum Gasteiger partial charge on any atom is -0.310 e. The Morgan fingerprint density at radius 2 is 2.29 bits per heavy atom. The summed E-state index contributed by atoms with van der Waals surface area (Å²) in [4.78, 5) is 0. The Kier molecular flexibility index (Phi) is 3.44. The SMILES string of the molecule is Cc1ccc2c(c1)C(NCC1CCSC1)CC2. The van der Waals surface area contributed by atoms with Crippen molar-refractivity contribution in [3.05, 3.63) is 34.9 Å². The van der Waals surface area contributed by atoms with Gasteiger partial charge in [0.05, 0.1) is 0 Å². The van der Waals surface area contributed by atoms with Gasteiger partial charge >= 0.3 is 0 Å². The molecule has 0 bridgehead atoms. The Bertz CT molecular complexity index is 396. The van der Waals surface area contributed by atoms with Gasteiger partial charge in [-0.1, -0.05) is 23.8 Å². The van der Waals surface area contributed by atoms with E-state index in [0.29, 0.717) is 6.04 Å². The largest absolute Gasteiger partial charge is 0.310 e. The molecule has 3 rings (SSSR count). The number of fused-ring (bicyclic) bond motifs is 1. The molecule has 17 heavy (non-hydrogen) atoms. The zero-order chi connectivity index (χ0) is 11.7. The van der Waals surface area contributed by atoms with Gasteiger partial charge in [0, 0.05) is 6.04 Å². The molecule has 1 saturated heterocycles.